The minimum Gasteiger partial charge on any atom is -0.310 e. The van der Waals surface area contributed by atoms with Gasteiger partial charge in [-0.2, -0.15) is 13.2 Å². The number of alkyl halides is 3. The van der Waals surface area contributed by atoms with Crippen molar-refractivity contribution in [3.05, 3.63) is 29.1 Å². The molecule has 1 N–H and O–H groups in total. The molecule has 1 atom stereocenters. The quantitative estimate of drug-likeness (QED) is 0.845. The van der Waals surface area contributed by atoms with Crippen molar-refractivity contribution in [3.8, 4) is 0 Å². The average Bonchev–Trinajstić information content (AvgIpc) is 2.29. The van der Waals surface area contributed by atoms with Crippen molar-refractivity contribution in [2.45, 2.75) is 52.3 Å². The Labute approximate surface area is 112 Å². The normalized spacial score (nSPS) is 13.6. The molecule has 0 aliphatic heterocycles. The van der Waals surface area contributed by atoms with Gasteiger partial charge in [0, 0.05) is 23.9 Å². The molecule has 0 bridgehead atoms. The molecule has 0 saturated heterocycles. The number of aromatic nitrogens is 1. The molecule has 1 aromatic rings. The molecular formula is C14H21F3N2. The van der Waals surface area contributed by atoms with Gasteiger partial charge in [0.1, 0.15) is 0 Å². The van der Waals surface area contributed by atoms with E-state index in [-0.39, 0.29) is 12.5 Å². The van der Waals surface area contributed by atoms with Gasteiger partial charge in [0.2, 0.25) is 0 Å². The molecule has 0 saturated carbocycles. The maximum absolute atomic E-state index is 12.4. The lowest BCUT2D eigenvalue weighted by atomic mass is 10.00. The molecule has 2 nitrogen and oxygen atoms in total. The number of nitrogens with zero attached hydrogens (tertiary/aromatic N) is 1. The fourth-order valence-electron chi connectivity index (χ4n) is 2.06. The molecule has 0 fully saturated rings. The first-order valence-electron chi connectivity index (χ1n) is 6.57. The summed E-state index contributed by atoms with van der Waals surface area (Å²) in [4.78, 5) is 4.33. The maximum atomic E-state index is 12.4. The van der Waals surface area contributed by atoms with Crippen LogP contribution in [0.1, 0.15) is 49.2 Å². The standard InChI is InChI=1S/C14H21F3N2/c1-4-9-18-13(7-8-14(15,16)17)12-6-5-10(2)19-11(12)3/h5-6,13,18H,4,7-9H2,1-3H3. The van der Waals surface area contributed by atoms with Crippen LogP contribution in [0.5, 0.6) is 0 Å². The highest BCUT2D eigenvalue weighted by atomic mass is 19.4. The number of rotatable bonds is 6. The average molecular weight is 274 g/mol. The summed E-state index contributed by atoms with van der Waals surface area (Å²) in [6, 6.07) is 3.44. The Hall–Kier alpha value is -1.10. The van der Waals surface area contributed by atoms with Crippen LogP contribution >= 0.6 is 0 Å². The number of hydrogen-bond donors (Lipinski definition) is 1. The van der Waals surface area contributed by atoms with E-state index >= 15 is 0 Å². The second-order valence-corrected chi connectivity index (χ2v) is 4.79. The maximum Gasteiger partial charge on any atom is 0.389 e. The number of nitrogens with one attached hydrogen (secondary N) is 1. The number of hydrogen-bond acceptors (Lipinski definition) is 2. The summed E-state index contributed by atoms with van der Waals surface area (Å²) in [7, 11) is 0. The van der Waals surface area contributed by atoms with E-state index < -0.39 is 12.6 Å². The van der Waals surface area contributed by atoms with Gasteiger partial charge in [-0.15, -0.1) is 0 Å². The van der Waals surface area contributed by atoms with Crippen LogP contribution in [0.15, 0.2) is 12.1 Å². The Morgan fingerprint density at radius 3 is 2.47 bits per heavy atom. The van der Waals surface area contributed by atoms with Gasteiger partial charge in [-0.3, -0.25) is 4.98 Å². The van der Waals surface area contributed by atoms with Gasteiger partial charge >= 0.3 is 6.18 Å². The lowest BCUT2D eigenvalue weighted by Gasteiger charge is -2.21. The molecule has 1 heterocycles. The van der Waals surface area contributed by atoms with E-state index in [2.05, 4.69) is 10.3 Å². The van der Waals surface area contributed by atoms with Crippen molar-refractivity contribution in [2.75, 3.05) is 6.54 Å². The lowest BCUT2D eigenvalue weighted by Crippen LogP contribution is -2.25. The van der Waals surface area contributed by atoms with Crippen molar-refractivity contribution in [2.24, 2.45) is 0 Å². The molecule has 0 radical (unpaired) electrons. The van der Waals surface area contributed by atoms with E-state index in [0.29, 0.717) is 6.54 Å². The summed E-state index contributed by atoms with van der Waals surface area (Å²) in [5.74, 6) is 0. The summed E-state index contributed by atoms with van der Waals surface area (Å²) in [5.41, 5.74) is 2.55. The Morgan fingerprint density at radius 2 is 1.95 bits per heavy atom. The third kappa shape index (κ3) is 5.59. The Balaban J connectivity index is 2.83. The van der Waals surface area contributed by atoms with Crippen molar-refractivity contribution >= 4 is 0 Å². The van der Waals surface area contributed by atoms with Gasteiger partial charge < -0.3 is 5.32 Å². The highest BCUT2D eigenvalue weighted by Crippen LogP contribution is 2.28. The first-order chi connectivity index (χ1) is 8.83. The van der Waals surface area contributed by atoms with Crippen molar-refractivity contribution in [3.63, 3.8) is 0 Å². The summed E-state index contributed by atoms with van der Waals surface area (Å²) in [6.45, 7) is 6.42. The molecule has 0 aliphatic carbocycles. The zero-order valence-electron chi connectivity index (χ0n) is 11.6. The molecule has 108 valence electrons. The van der Waals surface area contributed by atoms with E-state index in [9.17, 15) is 13.2 Å². The summed E-state index contributed by atoms with van der Waals surface area (Å²) in [6.07, 6.45) is -3.95. The summed E-state index contributed by atoms with van der Waals surface area (Å²) >= 11 is 0. The van der Waals surface area contributed by atoms with Gasteiger partial charge in [0.15, 0.2) is 0 Å². The van der Waals surface area contributed by atoms with Crippen LogP contribution < -0.4 is 5.32 Å². The van der Waals surface area contributed by atoms with E-state index in [4.69, 9.17) is 0 Å². The molecule has 5 heteroatoms. The van der Waals surface area contributed by atoms with Gasteiger partial charge in [-0.05, 0) is 44.9 Å². The second kappa shape index (κ2) is 6.89. The minimum atomic E-state index is -4.11. The fraction of sp³-hybridized carbons (Fsp3) is 0.643. The highest BCUT2D eigenvalue weighted by Gasteiger charge is 2.29. The van der Waals surface area contributed by atoms with E-state index in [1.54, 1.807) is 0 Å². The van der Waals surface area contributed by atoms with Crippen molar-refractivity contribution < 1.29 is 13.2 Å². The second-order valence-electron chi connectivity index (χ2n) is 4.79. The van der Waals surface area contributed by atoms with Gasteiger partial charge in [0.05, 0.1) is 0 Å². The predicted molar refractivity (Wildman–Crippen MR) is 70.0 cm³/mol. The Bertz CT molecular complexity index is 402. The first kappa shape index (κ1) is 16.0. The summed E-state index contributed by atoms with van der Waals surface area (Å²) in [5, 5.41) is 3.18. The Morgan fingerprint density at radius 1 is 1.26 bits per heavy atom. The third-order valence-electron chi connectivity index (χ3n) is 3.00. The molecule has 0 spiro atoms. The monoisotopic (exact) mass is 274 g/mol. The molecule has 0 aromatic carbocycles. The minimum absolute atomic E-state index is 0.0507. The van der Waals surface area contributed by atoms with Crippen LogP contribution in [-0.2, 0) is 0 Å². The third-order valence-corrected chi connectivity index (χ3v) is 3.00. The first-order valence-corrected chi connectivity index (χ1v) is 6.57. The molecular weight excluding hydrogens is 253 g/mol. The lowest BCUT2D eigenvalue weighted by molar-refractivity contribution is -0.136. The van der Waals surface area contributed by atoms with Crippen LogP contribution in [0, 0.1) is 13.8 Å². The van der Waals surface area contributed by atoms with E-state index in [1.165, 1.54) is 0 Å². The fourth-order valence-corrected chi connectivity index (χ4v) is 2.06. The number of aryl methyl sites for hydroxylation is 2. The van der Waals surface area contributed by atoms with Crippen LogP contribution in [0.25, 0.3) is 0 Å². The molecule has 0 aliphatic rings. The Kier molecular flexibility index (Phi) is 5.79. The molecule has 1 aromatic heterocycles. The number of pyridine rings is 1. The zero-order valence-corrected chi connectivity index (χ0v) is 11.6. The van der Waals surface area contributed by atoms with Crippen molar-refractivity contribution in [1.82, 2.24) is 10.3 Å². The molecule has 1 rings (SSSR count). The molecule has 0 amide bonds. The van der Waals surface area contributed by atoms with Gasteiger partial charge in [-0.1, -0.05) is 13.0 Å². The smallest absolute Gasteiger partial charge is 0.310 e. The van der Waals surface area contributed by atoms with Crippen LogP contribution in [-0.4, -0.2) is 17.7 Å². The zero-order chi connectivity index (χ0) is 14.5. The van der Waals surface area contributed by atoms with Gasteiger partial charge in [-0.25, -0.2) is 0 Å². The predicted octanol–water partition coefficient (Wildman–Crippen LogP) is 4.08. The largest absolute Gasteiger partial charge is 0.389 e. The van der Waals surface area contributed by atoms with Crippen LogP contribution in [0.4, 0.5) is 13.2 Å². The molecule has 1 unspecified atom stereocenters. The van der Waals surface area contributed by atoms with Crippen molar-refractivity contribution in [1.29, 1.82) is 0 Å². The highest BCUT2D eigenvalue weighted by molar-refractivity contribution is 5.25. The van der Waals surface area contributed by atoms with Gasteiger partial charge in [0.25, 0.3) is 0 Å². The topological polar surface area (TPSA) is 24.9 Å². The number of halogens is 3. The van der Waals surface area contributed by atoms with Crippen LogP contribution in [0.2, 0.25) is 0 Å². The SMILES string of the molecule is CCCNC(CCC(F)(F)F)c1ccc(C)nc1C. The van der Waals surface area contributed by atoms with E-state index in [1.807, 2.05) is 32.9 Å². The van der Waals surface area contributed by atoms with E-state index in [0.717, 1.165) is 23.4 Å². The van der Waals surface area contributed by atoms with Crippen LogP contribution in [0.3, 0.4) is 0 Å². The molecule has 19 heavy (non-hydrogen) atoms. The summed E-state index contributed by atoms with van der Waals surface area (Å²) < 4.78 is 37.1.